The Balaban J connectivity index is 1.40. The van der Waals surface area contributed by atoms with Crippen LogP contribution in [0.2, 0.25) is 0 Å². The smallest absolute Gasteiger partial charge is 0.258 e. The van der Waals surface area contributed by atoms with Gasteiger partial charge in [0.25, 0.3) is 5.89 Å². The molecule has 1 aliphatic rings. The van der Waals surface area contributed by atoms with Crippen LogP contribution in [-0.2, 0) is 6.54 Å². The number of benzene rings is 3. The highest BCUT2D eigenvalue weighted by atomic mass is 16.5. The Kier molecular flexibility index (Phi) is 6.73. The van der Waals surface area contributed by atoms with Crippen LogP contribution in [0.25, 0.3) is 33.6 Å². The maximum Gasteiger partial charge on any atom is 0.258 e. The van der Waals surface area contributed by atoms with Crippen molar-refractivity contribution in [2.45, 2.75) is 26.5 Å². The summed E-state index contributed by atoms with van der Waals surface area (Å²) in [6, 6.07) is 20.2. The maximum atomic E-state index is 9.57. The third-order valence-corrected chi connectivity index (χ3v) is 6.44. The van der Waals surface area contributed by atoms with Crippen LogP contribution in [0.1, 0.15) is 25.0 Å². The molecule has 1 aliphatic heterocycles. The van der Waals surface area contributed by atoms with Gasteiger partial charge in [0.1, 0.15) is 11.8 Å². The number of hydrogen-bond acceptors (Lipinski definition) is 7. The lowest BCUT2D eigenvalue weighted by atomic mass is 9.95. The van der Waals surface area contributed by atoms with Crippen LogP contribution in [0.15, 0.2) is 59.1 Å². The van der Waals surface area contributed by atoms with E-state index >= 15 is 0 Å². The number of likely N-dealkylation sites (tertiary alicyclic amines) is 1. The molecule has 3 aromatic carbocycles. The number of rotatable bonds is 8. The molecule has 2 heterocycles. The number of fused-ring (bicyclic) bond motifs is 1. The summed E-state index contributed by atoms with van der Waals surface area (Å²) in [7, 11) is 4.27. The lowest BCUT2D eigenvalue weighted by Gasteiger charge is -2.40. The molecule has 36 heavy (non-hydrogen) atoms. The number of hydrogen-bond donors (Lipinski definition) is 0. The van der Waals surface area contributed by atoms with Crippen molar-refractivity contribution in [3.63, 3.8) is 0 Å². The van der Waals surface area contributed by atoms with Crippen LogP contribution in [0, 0.1) is 17.2 Å². The molecule has 0 atom stereocenters. The van der Waals surface area contributed by atoms with Crippen LogP contribution in [0.3, 0.4) is 0 Å². The van der Waals surface area contributed by atoms with E-state index in [9.17, 15) is 5.26 Å². The summed E-state index contributed by atoms with van der Waals surface area (Å²) >= 11 is 0. The molecule has 184 valence electrons. The van der Waals surface area contributed by atoms with Crippen LogP contribution in [0.5, 0.6) is 5.75 Å². The van der Waals surface area contributed by atoms with Crippen molar-refractivity contribution in [3.05, 3.63) is 65.7 Å². The van der Waals surface area contributed by atoms with E-state index in [-0.39, 0.29) is 6.10 Å². The van der Waals surface area contributed by atoms with Gasteiger partial charge >= 0.3 is 0 Å². The molecule has 0 saturated carbocycles. The van der Waals surface area contributed by atoms with E-state index < -0.39 is 0 Å². The summed E-state index contributed by atoms with van der Waals surface area (Å²) in [6.07, 6.45) is -0.0187. The van der Waals surface area contributed by atoms with Crippen molar-refractivity contribution < 1.29 is 9.26 Å². The van der Waals surface area contributed by atoms with Crippen LogP contribution >= 0.6 is 0 Å². The van der Waals surface area contributed by atoms with E-state index in [1.54, 1.807) is 12.1 Å². The number of nitrogens with zero attached hydrogens (tertiary/aromatic N) is 5. The molecule has 0 bridgehead atoms. The van der Waals surface area contributed by atoms with Gasteiger partial charge in [-0.1, -0.05) is 41.6 Å². The Hall–Kier alpha value is -3.73. The fraction of sp³-hybridized carbons (Fsp3) is 0.345. The molecule has 1 saturated heterocycles. The molecule has 7 heteroatoms. The summed E-state index contributed by atoms with van der Waals surface area (Å²) in [6.45, 7) is 8.20. The Morgan fingerprint density at radius 1 is 1.11 bits per heavy atom. The van der Waals surface area contributed by atoms with Crippen LogP contribution in [0.4, 0.5) is 0 Å². The highest BCUT2D eigenvalue weighted by Crippen LogP contribution is 2.33. The molecule has 0 unspecified atom stereocenters. The van der Waals surface area contributed by atoms with Crippen molar-refractivity contribution >= 4 is 10.8 Å². The van der Waals surface area contributed by atoms with Gasteiger partial charge in [-0.05, 0) is 68.4 Å². The van der Waals surface area contributed by atoms with Crippen LogP contribution in [-0.4, -0.2) is 59.8 Å². The predicted octanol–water partition coefficient (Wildman–Crippen LogP) is 5.21. The van der Waals surface area contributed by atoms with Gasteiger partial charge in [-0.15, -0.1) is 0 Å². The highest BCUT2D eigenvalue weighted by molar-refractivity contribution is 5.97. The molecule has 7 nitrogen and oxygen atoms in total. The second-order valence-corrected chi connectivity index (χ2v) is 10.1. The zero-order valence-corrected chi connectivity index (χ0v) is 21.2. The molecule has 0 radical (unpaired) electrons. The fourth-order valence-corrected chi connectivity index (χ4v) is 4.93. The first-order chi connectivity index (χ1) is 17.4. The Labute approximate surface area is 211 Å². The second kappa shape index (κ2) is 10.1. The topological polar surface area (TPSA) is 78.4 Å². The summed E-state index contributed by atoms with van der Waals surface area (Å²) in [5.41, 5.74) is 3.36. The van der Waals surface area contributed by atoms with Gasteiger partial charge in [0.05, 0.1) is 11.7 Å². The first-order valence-corrected chi connectivity index (χ1v) is 12.3. The van der Waals surface area contributed by atoms with E-state index in [1.165, 1.54) is 10.9 Å². The largest absolute Gasteiger partial charge is 0.490 e. The molecular weight excluding hydrogens is 450 g/mol. The van der Waals surface area contributed by atoms with Crippen LogP contribution < -0.4 is 4.74 Å². The van der Waals surface area contributed by atoms with Crippen molar-refractivity contribution in [2.75, 3.05) is 33.7 Å². The van der Waals surface area contributed by atoms with E-state index in [4.69, 9.17) is 9.26 Å². The summed E-state index contributed by atoms with van der Waals surface area (Å²) in [5.74, 6) is 2.20. The molecule has 0 N–H and O–H groups in total. The molecule has 0 spiro atoms. The van der Waals surface area contributed by atoms with Gasteiger partial charge < -0.3 is 14.2 Å². The quantitative estimate of drug-likeness (QED) is 0.342. The Morgan fingerprint density at radius 3 is 2.61 bits per heavy atom. The monoisotopic (exact) mass is 481 g/mol. The first kappa shape index (κ1) is 24.0. The number of nitriles is 1. The highest BCUT2D eigenvalue weighted by Gasteiger charge is 2.27. The minimum atomic E-state index is -0.0187. The van der Waals surface area contributed by atoms with Crippen molar-refractivity contribution in [1.82, 2.24) is 19.9 Å². The average molecular weight is 482 g/mol. The molecule has 4 aromatic rings. The zero-order valence-electron chi connectivity index (χ0n) is 21.2. The second-order valence-electron chi connectivity index (χ2n) is 10.1. The predicted molar refractivity (Wildman–Crippen MR) is 140 cm³/mol. The van der Waals surface area contributed by atoms with Gasteiger partial charge in [-0.2, -0.15) is 10.2 Å². The van der Waals surface area contributed by atoms with Gasteiger partial charge in [-0.3, -0.25) is 4.90 Å². The summed E-state index contributed by atoms with van der Waals surface area (Å²) in [5, 5.41) is 16.2. The standard InChI is InChI=1S/C29H31N5O2/c1-19(2)35-27-12-10-21(13-23(27)14-30)29-31-28(32-36-29)26-11-9-22(24-7-5-6-8-25(24)26)18-34-16-20(17-34)15-33(3)4/h5-13,19-20H,15-18H2,1-4H3. The normalized spacial score (nSPS) is 14.4. The molecule has 1 fully saturated rings. The van der Waals surface area contributed by atoms with E-state index in [0.717, 1.165) is 43.0 Å². The lowest BCUT2D eigenvalue weighted by molar-refractivity contribution is 0.0734. The SMILES string of the molecule is CC(C)Oc1ccc(-c2nc(-c3ccc(CN4CC(CN(C)C)C4)c4ccccc34)no2)cc1C#N. The Bertz CT molecular complexity index is 1410. The third kappa shape index (κ3) is 4.97. The molecule has 1 aromatic heterocycles. The number of ether oxygens (including phenoxy) is 1. The molecular formula is C29H31N5O2. The van der Waals surface area contributed by atoms with E-state index in [1.807, 2.05) is 26.0 Å². The first-order valence-electron chi connectivity index (χ1n) is 12.3. The minimum Gasteiger partial charge on any atom is -0.490 e. The van der Waals surface area contributed by atoms with Gasteiger partial charge in [0.15, 0.2) is 0 Å². The Morgan fingerprint density at radius 2 is 1.89 bits per heavy atom. The van der Waals surface area contributed by atoms with E-state index in [0.29, 0.717) is 28.6 Å². The lowest BCUT2D eigenvalue weighted by Crippen LogP contribution is -2.49. The fourth-order valence-electron chi connectivity index (χ4n) is 4.93. The summed E-state index contributed by atoms with van der Waals surface area (Å²) in [4.78, 5) is 9.44. The maximum absolute atomic E-state index is 9.57. The van der Waals surface area contributed by atoms with E-state index in [2.05, 4.69) is 70.4 Å². The minimum absolute atomic E-state index is 0.0187. The molecule has 5 rings (SSSR count). The number of aromatic nitrogens is 2. The van der Waals surface area contributed by atoms with Crippen molar-refractivity contribution in [3.8, 4) is 34.7 Å². The van der Waals surface area contributed by atoms with Gasteiger partial charge in [-0.25, -0.2) is 0 Å². The molecule has 0 amide bonds. The molecule has 0 aliphatic carbocycles. The van der Waals surface area contributed by atoms with Crippen molar-refractivity contribution in [2.24, 2.45) is 5.92 Å². The summed E-state index contributed by atoms with van der Waals surface area (Å²) < 4.78 is 11.3. The van der Waals surface area contributed by atoms with Gasteiger partial charge in [0, 0.05) is 37.3 Å². The average Bonchev–Trinajstić information content (AvgIpc) is 3.32. The van der Waals surface area contributed by atoms with Gasteiger partial charge in [0.2, 0.25) is 5.82 Å². The van der Waals surface area contributed by atoms with Crippen molar-refractivity contribution in [1.29, 1.82) is 5.26 Å². The zero-order chi connectivity index (χ0) is 25.2. The third-order valence-electron chi connectivity index (χ3n) is 6.44.